The molecule has 0 spiro atoms. The van der Waals surface area contributed by atoms with Crippen LogP contribution in [0.1, 0.15) is 58.3 Å². The zero-order valence-corrected chi connectivity index (χ0v) is 10.2. The molecule has 1 unspecified atom stereocenters. The van der Waals surface area contributed by atoms with Crippen molar-refractivity contribution >= 4 is 11.8 Å². The lowest BCUT2D eigenvalue weighted by molar-refractivity contribution is -0.143. The van der Waals surface area contributed by atoms with Crippen molar-refractivity contribution in [3.8, 4) is 0 Å². The van der Waals surface area contributed by atoms with Crippen molar-refractivity contribution in [2.75, 3.05) is 6.61 Å². The van der Waals surface area contributed by atoms with Gasteiger partial charge in [-0.1, -0.05) is 12.8 Å². The smallest absolute Gasteiger partial charge is 0.305 e. The zero-order chi connectivity index (χ0) is 11.8. The third-order valence-electron chi connectivity index (χ3n) is 3.17. The SMILES string of the molecule is CCOC(=O)CCCCCC1CCCC1=O. The maximum absolute atomic E-state index is 11.4. The Morgan fingerprint density at radius 1 is 1.38 bits per heavy atom. The molecule has 0 saturated heterocycles. The second kappa shape index (κ2) is 7.42. The Bertz CT molecular complexity index is 235. The van der Waals surface area contributed by atoms with Gasteiger partial charge in [0.05, 0.1) is 6.61 Å². The Hall–Kier alpha value is -0.860. The van der Waals surface area contributed by atoms with E-state index in [0.717, 1.165) is 44.9 Å². The standard InChI is InChI=1S/C13H22O3/c1-2-16-13(15)10-5-3-4-7-11-8-6-9-12(11)14/h11H,2-10H2,1H3. The molecule has 0 amide bonds. The Kier molecular flexibility index (Phi) is 6.12. The van der Waals surface area contributed by atoms with Crippen LogP contribution in [-0.4, -0.2) is 18.4 Å². The first-order valence-corrected chi connectivity index (χ1v) is 6.42. The number of carbonyl (C=O) groups excluding carboxylic acids is 2. The van der Waals surface area contributed by atoms with Gasteiger partial charge in [0, 0.05) is 18.8 Å². The summed E-state index contributed by atoms with van der Waals surface area (Å²) in [7, 11) is 0. The quantitative estimate of drug-likeness (QED) is 0.495. The molecule has 0 heterocycles. The average Bonchev–Trinajstić information content (AvgIpc) is 2.64. The highest BCUT2D eigenvalue weighted by molar-refractivity contribution is 5.82. The molecule has 1 fully saturated rings. The van der Waals surface area contributed by atoms with Crippen LogP contribution in [0.2, 0.25) is 0 Å². The van der Waals surface area contributed by atoms with Gasteiger partial charge < -0.3 is 4.74 Å². The topological polar surface area (TPSA) is 43.4 Å². The number of unbranched alkanes of at least 4 members (excludes halogenated alkanes) is 2. The van der Waals surface area contributed by atoms with Crippen molar-refractivity contribution in [2.24, 2.45) is 5.92 Å². The van der Waals surface area contributed by atoms with Crippen LogP contribution in [0, 0.1) is 5.92 Å². The summed E-state index contributed by atoms with van der Waals surface area (Å²) in [6, 6.07) is 0. The lowest BCUT2D eigenvalue weighted by Crippen LogP contribution is -2.06. The first-order valence-electron chi connectivity index (χ1n) is 6.42. The van der Waals surface area contributed by atoms with Crippen LogP contribution in [0.15, 0.2) is 0 Å². The zero-order valence-electron chi connectivity index (χ0n) is 10.2. The summed E-state index contributed by atoms with van der Waals surface area (Å²) in [6.45, 7) is 2.29. The lowest BCUT2D eigenvalue weighted by Gasteiger charge is -2.06. The summed E-state index contributed by atoms with van der Waals surface area (Å²) in [5.74, 6) is 0.674. The van der Waals surface area contributed by atoms with E-state index >= 15 is 0 Å². The predicted octanol–water partition coefficient (Wildman–Crippen LogP) is 2.87. The third-order valence-corrected chi connectivity index (χ3v) is 3.17. The molecule has 1 saturated carbocycles. The summed E-state index contributed by atoms with van der Waals surface area (Å²) in [5.41, 5.74) is 0. The molecule has 3 heteroatoms. The molecule has 1 rings (SSSR count). The minimum Gasteiger partial charge on any atom is -0.466 e. The van der Waals surface area contributed by atoms with E-state index < -0.39 is 0 Å². The normalized spacial score (nSPS) is 20.1. The molecular weight excluding hydrogens is 204 g/mol. The van der Waals surface area contributed by atoms with Crippen molar-refractivity contribution in [3.05, 3.63) is 0 Å². The van der Waals surface area contributed by atoms with Crippen LogP contribution in [0.3, 0.4) is 0 Å². The fourth-order valence-corrected chi connectivity index (χ4v) is 2.26. The molecule has 1 atom stereocenters. The van der Waals surface area contributed by atoms with Gasteiger partial charge in [-0.15, -0.1) is 0 Å². The minimum absolute atomic E-state index is 0.0977. The monoisotopic (exact) mass is 226 g/mol. The number of Topliss-reactive ketones (excluding diaryl/α,β-unsaturated/α-hetero) is 1. The molecule has 0 bridgehead atoms. The predicted molar refractivity (Wildman–Crippen MR) is 62.1 cm³/mol. The Labute approximate surface area is 97.5 Å². The van der Waals surface area contributed by atoms with Crippen LogP contribution < -0.4 is 0 Å². The summed E-state index contributed by atoms with van der Waals surface area (Å²) < 4.78 is 4.85. The van der Waals surface area contributed by atoms with E-state index in [1.54, 1.807) is 0 Å². The van der Waals surface area contributed by atoms with Gasteiger partial charge in [-0.05, 0) is 32.6 Å². The van der Waals surface area contributed by atoms with Gasteiger partial charge in [-0.2, -0.15) is 0 Å². The van der Waals surface area contributed by atoms with Gasteiger partial charge in [0.15, 0.2) is 0 Å². The Balaban J connectivity index is 1.95. The molecule has 16 heavy (non-hydrogen) atoms. The molecule has 0 aromatic heterocycles. The summed E-state index contributed by atoms with van der Waals surface area (Å²) in [5, 5.41) is 0. The molecule has 1 aliphatic rings. The maximum Gasteiger partial charge on any atom is 0.305 e. The number of ketones is 1. The van der Waals surface area contributed by atoms with E-state index in [2.05, 4.69) is 0 Å². The highest BCUT2D eigenvalue weighted by atomic mass is 16.5. The number of hydrogen-bond donors (Lipinski definition) is 0. The molecule has 0 N–H and O–H groups in total. The van der Waals surface area contributed by atoms with Crippen LogP contribution >= 0.6 is 0 Å². The van der Waals surface area contributed by atoms with Gasteiger partial charge in [0.25, 0.3) is 0 Å². The van der Waals surface area contributed by atoms with Gasteiger partial charge in [-0.3, -0.25) is 9.59 Å². The van der Waals surface area contributed by atoms with Crippen molar-refractivity contribution in [1.29, 1.82) is 0 Å². The van der Waals surface area contributed by atoms with Gasteiger partial charge in [0.1, 0.15) is 5.78 Å². The van der Waals surface area contributed by atoms with Gasteiger partial charge >= 0.3 is 5.97 Å². The number of ether oxygens (including phenoxy) is 1. The lowest BCUT2D eigenvalue weighted by atomic mass is 9.99. The Morgan fingerprint density at radius 2 is 2.19 bits per heavy atom. The van der Waals surface area contributed by atoms with Crippen molar-refractivity contribution in [1.82, 2.24) is 0 Å². The molecule has 0 aliphatic heterocycles. The van der Waals surface area contributed by atoms with Crippen LogP contribution in [-0.2, 0) is 14.3 Å². The second-order valence-electron chi connectivity index (χ2n) is 4.46. The largest absolute Gasteiger partial charge is 0.466 e. The van der Waals surface area contributed by atoms with Crippen molar-refractivity contribution in [3.63, 3.8) is 0 Å². The van der Waals surface area contributed by atoms with E-state index in [1.807, 2.05) is 6.92 Å². The van der Waals surface area contributed by atoms with E-state index in [9.17, 15) is 9.59 Å². The molecule has 0 radical (unpaired) electrons. The van der Waals surface area contributed by atoms with Crippen LogP contribution in [0.4, 0.5) is 0 Å². The maximum atomic E-state index is 11.4. The first-order chi connectivity index (χ1) is 7.74. The molecule has 1 aliphatic carbocycles. The number of esters is 1. The summed E-state index contributed by atoms with van der Waals surface area (Å²) >= 11 is 0. The number of carbonyl (C=O) groups is 2. The third kappa shape index (κ3) is 4.77. The highest BCUT2D eigenvalue weighted by Crippen LogP contribution is 2.26. The number of rotatable bonds is 7. The van der Waals surface area contributed by atoms with Crippen molar-refractivity contribution < 1.29 is 14.3 Å². The molecule has 0 aromatic carbocycles. The summed E-state index contributed by atoms with van der Waals surface area (Å²) in [4.78, 5) is 22.4. The van der Waals surface area contributed by atoms with Crippen LogP contribution in [0.25, 0.3) is 0 Å². The van der Waals surface area contributed by atoms with E-state index in [1.165, 1.54) is 0 Å². The first kappa shape index (κ1) is 13.2. The van der Waals surface area contributed by atoms with E-state index in [-0.39, 0.29) is 5.97 Å². The molecule has 0 aromatic rings. The minimum atomic E-state index is -0.0977. The Morgan fingerprint density at radius 3 is 2.81 bits per heavy atom. The molecular formula is C13H22O3. The van der Waals surface area contributed by atoms with E-state index in [0.29, 0.717) is 24.7 Å². The van der Waals surface area contributed by atoms with Gasteiger partial charge in [-0.25, -0.2) is 0 Å². The molecule has 92 valence electrons. The van der Waals surface area contributed by atoms with E-state index in [4.69, 9.17) is 4.74 Å². The molecule has 3 nitrogen and oxygen atoms in total. The van der Waals surface area contributed by atoms with Crippen LogP contribution in [0.5, 0.6) is 0 Å². The van der Waals surface area contributed by atoms with Gasteiger partial charge in [0.2, 0.25) is 0 Å². The number of hydrogen-bond acceptors (Lipinski definition) is 3. The fraction of sp³-hybridized carbons (Fsp3) is 0.846. The highest BCUT2D eigenvalue weighted by Gasteiger charge is 2.23. The second-order valence-corrected chi connectivity index (χ2v) is 4.46. The summed E-state index contributed by atoms with van der Waals surface area (Å²) in [6.07, 6.45) is 7.46. The average molecular weight is 226 g/mol. The van der Waals surface area contributed by atoms with Crippen molar-refractivity contribution in [2.45, 2.75) is 58.3 Å². The fourth-order valence-electron chi connectivity index (χ4n) is 2.26.